The quantitative estimate of drug-likeness (QED) is 0.789. The fraction of sp³-hybridized carbons (Fsp3) is 0.615. The number of nitrogens with one attached hydrogen (secondary N) is 2. The van der Waals surface area contributed by atoms with Crippen LogP contribution in [0.15, 0.2) is 6.07 Å². The molecule has 0 saturated heterocycles. The highest BCUT2D eigenvalue weighted by atomic mass is 35.5. The normalized spacial score (nSPS) is 11.4. The molecule has 0 aliphatic rings. The summed E-state index contributed by atoms with van der Waals surface area (Å²) in [5, 5.41) is 7.58. The summed E-state index contributed by atoms with van der Waals surface area (Å²) >= 11 is 12.2. The number of nitrogens with zero attached hydrogens (tertiary/aromatic N) is 1. The Morgan fingerprint density at radius 1 is 1.17 bits per heavy atom. The van der Waals surface area contributed by atoms with Gasteiger partial charge in [0.1, 0.15) is 11.6 Å². The highest BCUT2D eigenvalue weighted by Gasteiger charge is 2.19. The molecular formula is C13H21Cl2N3. The molecule has 2 N–H and O–H groups in total. The van der Waals surface area contributed by atoms with Crippen molar-refractivity contribution in [2.45, 2.75) is 46.1 Å². The van der Waals surface area contributed by atoms with Crippen LogP contribution in [0.1, 0.15) is 40.5 Å². The van der Waals surface area contributed by atoms with Crippen molar-refractivity contribution in [2.75, 3.05) is 17.2 Å². The van der Waals surface area contributed by atoms with Gasteiger partial charge in [-0.3, -0.25) is 0 Å². The molecule has 0 fully saturated rings. The van der Waals surface area contributed by atoms with E-state index < -0.39 is 0 Å². The Morgan fingerprint density at radius 3 is 2.33 bits per heavy atom. The molecule has 0 bridgehead atoms. The maximum absolute atomic E-state index is 6.17. The van der Waals surface area contributed by atoms with Gasteiger partial charge in [-0.05, 0) is 33.3 Å². The second-order valence-electron chi connectivity index (χ2n) is 4.94. The van der Waals surface area contributed by atoms with Crippen LogP contribution in [0.4, 0.5) is 11.6 Å². The van der Waals surface area contributed by atoms with Gasteiger partial charge in [-0.15, -0.1) is 0 Å². The largest absolute Gasteiger partial charge is 0.369 e. The average molecular weight is 290 g/mol. The van der Waals surface area contributed by atoms with Gasteiger partial charge in [0.15, 0.2) is 0 Å². The maximum atomic E-state index is 6.17. The van der Waals surface area contributed by atoms with E-state index in [1.165, 1.54) is 0 Å². The van der Waals surface area contributed by atoms with E-state index in [0.717, 1.165) is 19.4 Å². The molecule has 0 radical (unpaired) electrons. The van der Waals surface area contributed by atoms with E-state index in [2.05, 4.69) is 36.4 Å². The van der Waals surface area contributed by atoms with Crippen LogP contribution in [0, 0.1) is 0 Å². The summed E-state index contributed by atoms with van der Waals surface area (Å²) in [6.45, 7) is 9.20. The molecule has 0 atom stereocenters. The molecule has 1 aromatic rings. The van der Waals surface area contributed by atoms with Gasteiger partial charge in [0.2, 0.25) is 0 Å². The number of hydrogen-bond acceptors (Lipinski definition) is 3. The highest BCUT2D eigenvalue weighted by Crippen LogP contribution is 2.31. The summed E-state index contributed by atoms with van der Waals surface area (Å²) in [7, 11) is 0. The number of pyridine rings is 1. The van der Waals surface area contributed by atoms with Crippen LogP contribution in [0.5, 0.6) is 0 Å². The molecule has 1 aromatic heterocycles. The van der Waals surface area contributed by atoms with Crippen molar-refractivity contribution in [3.8, 4) is 0 Å². The van der Waals surface area contributed by atoms with Gasteiger partial charge in [-0.25, -0.2) is 4.98 Å². The number of rotatable bonds is 6. The summed E-state index contributed by atoms with van der Waals surface area (Å²) in [5.41, 5.74) is -0.0390. The predicted octanol–water partition coefficient (Wildman–Crippen LogP) is 4.81. The van der Waals surface area contributed by atoms with E-state index in [1.807, 2.05) is 6.92 Å². The highest BCUT2D eigenvalue weighted by molar-refractivity contribution is 6.37. The summed E-state index contributed by atoms with van der Waals surface area (Å²) in [6, 6.07) is 1.72. The molecule has 0 aromatic carbocycles. The monoisotopic (exact) mass is 289 g/mol. The van der Waals surface area contributed by atoms with Crippen molar-refractivity contribution < 1.29 is 0 Å². The van der Waals surface area contributed by atoms with Crippen molar-refractivity contribution >= 4 is 34.8 Å². The number of anilines is 2. The first-order chi connectivity index (χ1) is 8.39. The van der Waals surface area contributed by atoms with Crippen LogP contribution < -0.4 is 10.6 Å². The Morgan fingerprint density at radius 2 is 1.78 bits per heavy atom. The van der Waals surface area contributed by atoms with Gasteiger partial charge >= 0.3 is 0 Å². The van der Waals surface area contributed by atoms with Gasteiger partial charge in [-0.2, -0.15) is 0 Å². The van der Waals surface area contributed by atoms with Gasteiger partial charge < -0.3 is 10.6 Å². The third kappa shape index (κ3) is 4.21. The number of aromatic nitrogens is 1. The standard InChI is InChI=1S/C13H21Cl2N3/c1-5-7-13(3,4)18-12-10(15)8-9(14)11(17-12)16-6-2/h8H,5-7H2,1-4H3,(H2,16,17,18). The summed E-state index contributed by atoms with van der Waals surface area (Å²) in [5.74, 6) is 1.34. The zero-order valence-electron chi connectivity index (χ0n) is 11.4. The molecule has 1 rings (SSSR count). The fourth-order valence-electron chi connectivity index (χ4n) is 1.85. The van der Waals surface area contributed by atoms with E-state index in [4.69, 9.17) is 23.2 Å². The van der Waals surface area contributed by atoms with E-state index in [-0.39, 0.29) is 5.54 Å². The molecule has 3 nitrogen and oxygen atoms in total. The molecule has 0 amide bonds. The molecule has 0 spiro atoms. The summed E-state index contributed by atoms with van der Waals surface area (Å²) in [4.78, 5) is 4.44. The molecule has 0 saturated carbocycles. The number of halogens is 2. The van der Waals surface area contributed by atoms with Crippen LogP contribution in [0.3, 0.4) is 0 Å². The van der Waals surface area contributed by atoms with Gasteiger partial charge in [-0.1, -0.05) is 36.5 Å². The smallest absolute Gasteiger partial charge is 0.147 e. The third-order valence-corrected chi connectivity index (χ3v) is 3.18. The van der Waals surface area contributed by atoms with Crippen molar-refractivity contribution in [3.63, 3.8) is 0 Å². The molecule has 5 heteroatoms. The molecular weight excluding hydrogens is 269 g/mol. The maximum Gasteiger partial charge on any atom is 0.147 e. The van der Waals surface area contributed by atoms with Crippen molar-refractivity contribution in [1.82, 2.24) is 4.98 Å². The minimum atomic E-state index is -0.0390. The molecule has 0 aliphatic carbocycles. The van der Waals surface area contributed by atoms with Crippen molar-refractivity contribution in [1.29, 1.82) is 0 Å². The lowest BCUT2D eigenvalue weighted by atomic mass is 9.99. The SMILES string of the molecule is CCCC(C)(C)Nc1nc(NCC)c(Cl)cc1Cl. The second kappa shape index (κ2) is 6.48. The minimum absolute atomic E-state index is 0.0390. The Kier molecular flexibility index (Phi) is 5.54. The van der Waals surface area contributed by atoms with E-state index in [9.17, 15) is 0 Å². The predicted molar refractivity (Wildman–Crippen MR) is 81.0 cm³/mol. The Balaban J connectivity index is 2.98. The van der Waals surface area contributed by atoms with Crippen molar-refractivity contribution in [2.24, 2.45) is 0 Å². The van der Waals surface area contributed by atoms with Crippen LogP contribution in [0.25, 0.3) is 0 Å². The van der Waals surface area contributed by atoms with Crippen LogP contribution in [-0.4, -0.2) is 17.1 Å². The van der Waals surface area contributed by atoms with E-state index >= 15 is 0 Å². The lowest BCUT2D eigenvalue weighted by Gasteiger charge is -2.27. The van der Waals surface area contributed by atoms with E-state index in [0.29, 0.717) is 21.7 Å². The lowest BCUT2D eigenvalue weighted by molar-refractivity contribution is 0.509. The van der Waals surface area contributed by atoms with E-state index in [1.54, 1.807) is 6.07 Å². The summed E-state index contributed by atoms with van der Waals surface area (Å²) < 4.78 is 0. The lowest BCUT2D eigenvalue weighted by Crippen LogP contribution is -2.31. The number of hydrogen-bond donors (Lipinski definition) is 2. The second-order valence-corrected chi connectivity index (χ2v) is 5.75. The first kappa shape index (κ1) is 15.4. The Bertz CT molecular complexity index is 405. The fourth-order valence-corrected chi connectivity index (χ4v) is 2.33. The molecule has 102 valence electrons. The molecule has 1 heterocycles. The molecule has 18 heavy (non-hydrogen) atoms. The zero-order chi connectivity index (χ0) is 13.8. The van der Waals surface area contributed by atoms with Crippen LogP contribution in [-0.2, 0) is 0 Å². The molecule has 0 aliphatic heterocycles. The zero-order valence-corrected chi connectivity index (χ0v) is 12.9. The summed E-state index contributed by atoms with van der Waals surface area (Å²) in [6.07, 6.45) is 2.15. The van der Waals surface area contributed by atoms with Gasteiger partial charge in [0, 0.05) is 12.1 Å². The van der Waals surface area contributed by atoms with Gasteiger partial charge in [0.25, 0.3) is 0 Å². The van der Waals surface area contributed by atoms with Crippen LogP contribution >= 0.6 is 23.2 Å². The third-order valence-electron chi connectivity index (χ3n) is 2.61. The average Bonchev–Trinajstić information content (AvgIpc) is 2.25. The topological polar surface area (TPSA) is 37.0 Å². The van der Waals surface area contributed by atoms with Crippen LogP contribution in [0.2, 0.25) is 10.0 Å². The van der Waals surface area contributed by atoms with Gasteiger partial charge in [0.05, 0.1) is 10.0 Å². The Labute approximate surface area is 119 Å². The first-order valence-corrected chi connectivity index (χ1v) is 7.03. The molecule has 0 unspecified atom stereocenters. The minimum Gasteiger partial charge on any atom is -0.369 e. The van der Waals surface area contributed by atoms with Crippen molar-refractivity contribution in [3.05, 3.63) is 16.1 Å². The first-order valence-electron chi connectivity index (χ1n) is 6.27. The Hall–Kier alpha value is -0.670.